The summed E-state index contributed by atoms with van der Waals surface area (Å²) >= 11 is 6.78. The standard InChI is InChI=1S/C19H20ClNO2/c20-19-8-15-5-16(9-19)7-18(6-15,12-19)17(22)23-11-14-3-1-13(10-21)2-4-14/h1-4,15-16H,5-9,11-12H2. The summed E-state index contributed by atoms with van der Waals surface area (Å²) in [6.07, 6.45) is 6.04. The Hall–Kier alpha value is -1.53. The van der Waals surface area contributed by atoms with Crippen LogP contribution < -0.4 is 0 Å². The van der Waals surface area contributed by atoms with Gasteiger partial charge in [-0.3, -0.25) is 4.79 Å². The lowest BCUT2D eigenvalue weighted by molar-refractivity contribution is -0.171. The molecule has 4 fully saturated rings. The molecule has 4 heteroatoms. The number of benzene rings is 1. The maximum Gasteiger partial charge on any atom is 0.312 e. The van der Waals surface area contributed by atoms with E-state index < -0.39 is 0 Å². The van der Waals surface area contributed by atoms with E-state index in [9.17, 15) is 4.79 Å². The van der Waals surface area contributed by atoms with Crippen LogP contribution in [-0.4, -0.2) is 10.8 Å². The number of nitriles is 1. The van der Waals surface area contributed by atoms with E-state index in [0.717, 1.165) is 37.7 Å². The van der Waals surface area contributed by atoms with Gasteiger partial charge in [-0.15, -0.1) is 11.6 Å². The average Bonchev–Trinajstić information content (AvgIpc) is 2.50. The van der Waals surface area contributed by atoms with Crippen LogP contribution in [0, 0.1) is 28.6 Å². The minimum Gasteiger partial charge on any atom is -0.460 e. The third kappa shape index (κ3) is 2.64. The monoisotopic (exact) mass is 329 g/mol. The Kier molecular flexibility index (Phi) is 3.43. The number of hydrogen-bond acceptors (Lipinski definition) is 3. The summed E-state index contributed by atoms with van der Waals surface area (Å²) in [4.78, 5) is 12.6. The predicted molar refractivity (Wildman–Crippen MR) is 86.7 cm³/mol. The molecule has 0 aliphatic heterocycles. The van der Waals surface area contributed by atoms with Gasteiger partial charge in [0.05, 0.1) is 17.0 Å². The molecule has 120 valence electrons. The van der Waals surface area contributed by atoms with Crippen LogP contribution in [0.25, 0.3) is 0 Å². The normalized spacial score (nSPS) is 37.4. The van der Waals surface area contributed by atoms with Gasteiger partial charge >= 0.3 is 5.97 Å². The van der Waals surface area contributed by atoms with Crippen molar-refractivity contribution in [2.75, 3.05) is 0 Å². The van der Waals surface area contributed by atoms with Crippen molar-refractivity contribution in [3.05, 3.63) is 35.4 Å². The Morgan fingerprint density at radius 3 is 2.43 bits per heavy atom. The van der Waals surface area contributed by atoms with Crippen molar-refractivity contribution in [1.82, 2.24) is 0 Å². The molecule has 0 radical (unpaired) electrons. The van der Waals surface area contributed by atoms with Crippen LogP contribution in [0.5, 0.6) is 0 Å². The summed E-state index contributed by atoms with van der Waals surface area (Å²) < 4.78 is 5.65. The van der Waals surface area contributed by atoms with Gasteiger partial charge in [0.25, 0.3) is 0 Å². The number of nitrogens with zero attached hydrogens (tertiary/aromatic N) is 1. The average molecular weight is 330 g/mol. The molecule has 0 heterocycles. The lowest BCUT2D eigenvalue weighted by Gasteiger charge is -2.58. The van der Waals surface area contributed by atoms with Gasteiger partial charge in [0, 0.05) is 4.87 Å². The van der Waals surface area contributed by atoms with Gasteiger partial charge in [-0.25, -0.2) is 0 Å². The van der Waals surface area contributed by atoms with Gasteiger partial charge in [-0.1, -0.05) is 12.1 Å². The van der Waals surface area contributed by atoms with Crippen molar-refractivity contribution >= 4 is 17.6 Å². The second-order valence-electron chi connectivity index (χ2n) is 7.78. The second-order valence-corrected chi connectivity index (χ2v) is 8.58. The predicted octanol–water partition coefficient (Wildman–Crippen LogP) is 4.18. The highest BCUT2D eigenvalue weighted by molar-refractivity contribution is 6.24. The molecule has 23 heavy (non-hydrogen) atoms. The van der Waals surface area contributed by atoms with E-state index in [1.165, 1.54) is 6.42 Å². The van der Waals surface area contributed by atoms with Gasteiger partial charge in [0.2, 0.25) is 0 Å². The van der Waals surface area contributed by atoms with Crippen molar-refractivity contribution in [3.8, 4) is 6.07 Å². The number of ether oxygens (including phenoxy) is 1. The minimum absolute atomic E-state index is 0.0685. The molecule has 2 unspecified atom stereocenters. The maximum absolute atomic E-state index is 12.8. The molecule has 0 amide bonds. The summed E-state index contributed by atoms with van der Waals surface area (Å²) in [6.45, 7) is 0.275. The molecule has 2 atom stereocenters. The molecular weight excluding hydrogens is 310 g/mol. The van der Waals surface area contributed by atoms with Gasteiger partial charge in [-0.2, -0.15) is 5.26 Å². The van der Waals surface area contributed by atoms with Gasteiger partial charge < -0.3 is 4.74 Å². The highest BCUT2D eigenvalue weighted by atomic mass is 35.5. The van der Waals surface area contributed by atoms with Crippen molar-refractivity contribution < 1.29 is 9.53 Å². The Bertz CT molecular complexity index is 662. The summed E-state index contributed by atoms with van der Waals surface area (Å²) in [6, 6.07) is 9.28. The fourth-order valence-electron chi connectivity index (χ4n) is 5.37. The summed E-state index contributed by atoms with van der Waals surface area (Å²) in [5.74, 6) is 1.12. The topological polar surface area (TPSA) is 50.1 Å². The number of rotatable bonds is 3. The van der Waals surface area contributed by atoms with E-state index in [2.05, 4.69) is 6.07 Å². The quantitative estimate of drug-likeness (QED) is 0.617. The Labute approximate surface area is 141 Å². The Morgan fingerprint density at radius 1 is 1.22 bits per heavy atom. The van der Waals surface area contributed by atoms with Crippen molar-refractivity contribution in [3.63, 3.8) is 0 Å². The fraction of sp³-hybridized carbons (Fsp3) is 0.579. The number of carbonyl (C=O) groups is 1. The van der Waals surface area contributed by atoms with Crippen LogP contribution in [0.15, 0.2) is 24.3 Å². The first kappa shape index (κ1) is 15.0. The van der Waals surface area contributed by atoms with Gasteiger partial charge in [0.15, 0.2) is 0 Å². The SMILES string of the molecule is N#Cc1ccc(COC(=O)C23CC4CC(CC(Cl)(C4)C2)C3)cc1. The zero-order valence-corrected chi connectivity index (χ0v) is 13.8. The molecule has 1 aromatic carbocycles. The summed E-state index contributed by atoms with van der Waals surface area (Å²) in [5.41, 5.74) is 1.19. The Balaban J connectivity index is 1.45. The molecule has 0 saturated heterocycles. The lowest BCUT2D eigenvalue weighted by atomic mass is 9.49. The molecule has 0 aromatic heterocycles. The largest absolute Gasteiger partial charge is 0.460 e. The molecule has 1 aromatic rings. The van der Waals surface area contributed by atoms with Crippen LogP contribution in [0.2, 0.25) is 0 Å². The molecule has 4 bridgehead atoms. The highest BCUT2D eigenvalue weighted by Gasteiger charge is 2.60. The molecular formula is C19H20ClNO2. The van der Waals surface area contributed by atoms with Crippen LogP contribution >= 0.6 is 11.6 Å². The van der Waals surface area contributed by atoms with Crippen molar-refractivity contribution in [2.24, 2.45) is 17.3 Å². The third-order valence-electron chi connectivity index (χ3n) is 5.88. The van der Waals surface area contributed by atoms with Crippen molar-refractivity contribution in [2.45, 2.75) is 50.0 Å². The van der Waals surface area contributed by atoms with Crippen LogP contribution in [0.3, 0.4) is 0 Å². The molecule has 5 rings (SSSR count). The van der Waals surface area contributed by atoms with E-state index in [1.807, 2.05) is 12.1 Å². The summed E-state index contributed by atoms with van der Waals surface area (Å²) in [5, 5.41) is 8.82. The van der Waals surface area contributed by atoms with Gasteiger partial charge in [-0.05, 0) is 68.1 Å². The molecule has 4 saturated carbocycles. The first-order chi connectivity index (χ1) is 11.0. The number of halogens is 1. The van der Waals surface area contributed by atoms with Crippen LogP contribution in [-0.2, 0) is 16.1 Å². The lowest BCUT2D eigenvalue weighted by Crippen LogP contribution is -2.56. The van der Waals surface area contributed by atoms with Crippen LogP contribution in [0.4, 0.5) is 0 Å². The minimum atomic E-state index is -0.349. The second kappa shape index (κ2) is 5.24. The van der Waals surface area contributed by atoms with E-state index in [0.29, 0.717) is 17.4 Å². The third-order valence-corrected chi connectivity index (χ3v) is 6.32. The molecule has 4 aliphatic rings. The Morgan fingerprint density at radius 2 is 1.87 bits per heavy atom. The number of esters is 1. The fourth-order valence-corrected chi connectivity index (χ4v) is 6.06. The number of carbonyl (C=O) groups excluding carboxylic acids is 1. The zero-order valence-electron chi connectivity index (χ0n) is 13.1. The molecule has 0 spiro atoms. The zero-order chi connectivity index (χ0) is 16.1. The van der Waals surface area contributed by atoms with Crippen molar-refractivity contribution in [1.29, 1.82) is 5.26 Å². The summed E-state index contributed by atoms with van der Waals surface area (Å²) in [7, 11) is 0. The van der Waals surface area contributed by atoms with E-state index >= 15 is 0 Å². The maximum atomic E-state index is 12.8. The van der Waals surface area contributed by atoms with E-state index in [-0.39, 0.29) is 22.9 Å². The first-order valence-electron chi connectivity index (χ1n) is 8.36. The van der Waals surface area contributed by atoms with Crippen LogP contribution in [0.1, 0.15) is 49.7 Å². The molecule has 3 nitrogen and oxygen atoms in total. The first-order valence-corrected chi connectivity index (χ1v) is 8.73. The van der Waals surface area contributed by atoms with E-state index in [4.69, 9.17) is 21.6 Å². The molecule has 0 N–H and O–H groups in total. The highest BCUT2D eigenvalue weighted by Crippen LogP contribution is 2.64. The number of alkyl halides is 1. The molecule has 4 aliphatic carbocycles. The van der Waals surface area contributed by atoms with Gasteiger partial charge in [0.1, 0.15) is 6.61 Å². The number of hydrogen-bond donors (Lipinski definition) is 0. The smallest absolute Gasteiger partial charge is 0.312 e. The van der Waals surface area contributed by atoms with E-state index in [1.54, 1.807) is 12.1 Å².